The summed E-state index contributed by atoms with van der Waals surface area (Å²) >= 11 is 0. The van der Waals surface area contributed by atoms with Crippen LogP contribution in [0.15, 0.2) is 30.3 Å². The predicted octanol–water partition coefficient (Wildman–Crippen LogP) is 2.10. The number of ether oxygens (including phenoxy) is 1. The van der Waals surface area contributed by atoms with Gasteiger partial charge in [-0.3, -0.25) is 0 Å². The topological polar surface area (TPSA) is 32.8 Å². The highest BCUT2D eigenvalue weighted by atomic mass is 16.6. The van der Waals surface area contributed by atoms with E-state index in [9.17, 15) is 4.79 Å². The highest BCUT2D eigenvalue weighted by molar-refractivity contribution is 5.68. The van der Waals surface area contributed by atoms with Crippen molar-refractivity contribution >= 4 is 6.09 Å². The molecule has 0 bridgehead atoms. The fourth-order valence-corrected chi connectivity index (χ4v) is 3.23. The molecule has 0 aromatic heterocycles. The summed E-state index contributed by atoms with van der Waals surface area (Å²) in [5.41, 5.74) is 1.04. The number of likely N-dealkylation sites (tertiary alicyclic amines) is 2. The molecule has 3 rings (SSSR count). The molecule has 1 amide bonds. The molecule has 19 heavy (non-hydrogen) atoms. The molecular formula is C15H20N2O2. The number of carbonyl (C=O) groups excluding carboxylic acids is 1. The molecule has 0 spiro atoms. The fourth-order valence-electron chi connectivity index (χ4n) is 3.23. The summed E-state index contributed by atoms with van der Waals surface area (Å²) in [5.74, 6) is 0. The number of amides is 1. The van der Waals surface area contributed by atoms with Crippen molar-refractivity contribution in [1.29, 1.82) is 0 Å². The maximum atomic E-state index is 12.2. The van der Waals surface area contributed by atoms with Gasteiger partial charge in [-0.15, -0.1) is 0 Å². The van der Waals surface area contributed by atoms with Crippen LogP contribution in [-0.2, 0) is 11.3 Å². The first-order valence-electron chi connectivity index (χ1n) is 6.93. The van der Waals surface area contributed by atoms with Crippen LogP contribution < -0.4 is 0 Å². The number of hydrogen-bond acceptors (Lipinski definition) is 3. The molecule has 2 saturated heterocycles. The van der Waals surface area contributed by atoms with Crippen molar-refractivity contribution < 1.29 is 9.53 Å². The van der Waals surface area contributed by atoms with Crippen molar-refractivity contribution in [2.45, 2.75) is 31.5 Å². The van der Waals surface area contributed by atoms with Gasteiger partial charge in [0, 0.05) is 19.1 Å². The van der Waals surface area contributed by atoms with Crippen LogP contribution in [-0.4, -0.2) is 48.1 Å². The Labute approximate surface area is 113 Å². The van der Waals surface area contributed by atoms with Crippen LogP contribution in [0.5, 0.6) is 0 Å². The van der Waals surface area contributed by atoms with Crippen LogP contribution in [0.2, 0.25) is 0 Å². The van der Waals surface area contributed by atoms with Crippen LogP contribution in [0.1, 0.15) is 18.4 Å². The number of rotatable bonds is 2. The minimum Gasteiger partial charge on any atom is -0.445 e. The third-order valence-electron chi connectivity index (χ3n) is 4.29. The normalized spacial score (nSPS) is 26.5. The minimum absolute atomic E-state index is 0.161. The van der Waals surface area contributed by atoms with Crippen molar-refractivity contribution in [3.05, 3.63) is 35.9 Å². The molecule has 4 nitrogen and oxygen atoms in total. The molecule has 0 aliphatic carbocycles. The van der Waals surface area contributed by atoms with E-state index in [1.165, 1.54) is 0 Å². The SMILES string of the molecule is CN1CCC2C1CCN2C(=O)OCc1ccccc1. The lowest BCUT2D eigenvalue weighted by Crippen LogP contribution is -2.39. The summed E-state index contributed by atoms with van der Waals surface area (Å²) in [6.45, 7) is 2.27. The monoisotopic (exact) mass is 260 g/mol. The van der Waals surface area contributed by atoms with Gasteiger partial charge in [-0.2, -0.15) is 0 Å². The Bertz CT molecular complexity index is 449. The molecule has 2 heterocycles. The molecule has 1 aromatic rings. The van der Waals surface area contributed by atoms with E-state index in [4.69, 9.17) is 4.74 Å². The first kappa shape index (κ1) is 12.5. The number of nitrogens with zero attached hydrogens (tertiary/aromatic N) is 2. The summed E-state index contributed by atoms with van der Waals surface area (Å²) in [7, 11) is 2.14. The van der Waals surface area contributed by atoms with E-state index in [1.54, 1.807) is 0 Å². The first-order chi connectivity index (χ1) is 9.25. The lowest BCUT2D eigenvalue weighted by Gasteiger charge is -2.23. The van der Waals surface area contributed by atoms with Gasteiger partial charge in [0.15, 0.2) is 0 Å². The zero-order valence-electron chi connectivity index (χ0n) is 11.3. The molecule has 2 aliphatic rings. The second-order valence-electron chi connectivity index (χ2n) is 5.43. The maximum Gasteiger partial charge on any atom is 0.410 e. The van der Waals surface area contributed by atoms with E-state index in [2.05, 4.69) is 11.9 Å². The van der Waals surface area contributed by atoms with Gasteiger partial charge in [0.1, 0.15) is 6.61 Å². The average molecular weight is 260 g/mol. The van der Waals surface area contributed by atoms with Gasteiger partial charge in [0.05, 0.1) is 6.04 Å². The van der Waals surface area contributed by atoms with Gasteiger partial charge in [-0.1, -0.05) is 30.3 Å². The summed E-state index contributed by atoms with van der Waals surface area (Å²) in [4.78, 5) is 16.4. The van der Waals surface area contributed by atoms with Crippen LogP contribution in [0.3, 0.4) is 0 Å². The van der Waals surface area contributed by atoms with Gasteiger partial charge in [-0.05, 0) is 25.5 Å². The lowest BCUT2D eigenvalue weighted by molar-refractivity contribution is 0.0915. The molecule has 1 aromatic carbocycles. The number of hydrogen-bond donors (Lipinski definition) is 0. The molecular weight excluding hydrogens is 240 g/mol. The van der Waals surface area contributed by atoms with Crippen molar-refractivity contribution in [3.63, 3.8) is 0 Å². The second kappa shape index (κ2) is 5.21. The summed E-state index contributed by atoms with van der Waals surface area (Å²) in [6, 6.07) is 10.7. The fraction of sp³-hybridized carbons (Fsp3) is 0.533. The second-order valence-corrected chi connectivity index (χ2v) is 5.43. The van der Waals surface area contributed by atoms with Crippen molar-refractivity contribution in [2.75, 3.05) is 20.1 Å². The highest BCUT2D eigenvalue weighted by Crippen LogP contribution is 2.30. The lowest BCUT2D eigenvalue weighted by atomic mass is 10.1. The molecule has 0 saturated carbocycles. The smallest absolute Gasteiger partial charge is 0.410 e. The van der Waals surface area contributed by atoms with Crippen molar-refractivity contribution in [2.24, 2.45) is 0 Å². The Balaban J connectivity index is 1.57. The number of fused-ring (bicyclic) bond motifs is 1. The Morgan fingerprint density at radius 3 is 2.74 bits per heavy atom. The van der Waals surface area contributed by atoms with Gasteiger partial charge in [0.2, 0.25) is 0 Å². The van der Waals surface area contributed by atoms with Crippen molar-refractivity contribution in [3.8, 4) is 0 Å². The van der Waals surface area contributed by atoms with E-state index in [1.807, 2.05) is 35.2 Å². The third-order valence-corrected chi connectivity index (χ3v) is 4.29. The van der Waals surface area contributed by atoms with E-state index in [0.717, 1.165) is 31.5 Å². The summed E-state index contributed by atoms with van der Waals surface area (Å²) in [6.07, 6.45) is 1.98. The van der Waals surface area contributed by atoms with E-state index in [-0.39, 0.29) is 6.09 Å². The highest BCUT2D eigenvalue weighted by Gasteiger charge is 2.43. The average Bonchev–Trinajstić information content (AvgIpc) is 3.01. The molecule has 2 atom stereocenters. The standard InChI is InChI=1S/C15H20N2O2/c1-16-9-7-14-13(16)8-10-17(14)15(18)19-11-12-5-3-2-4-6-12/h2-6,13-14H,7-11H2,1H3. The van der Waals surface area contributed by atoms with Gasteiger partial charge < -0.3 is 14.5 Å². The van der Waals surface area contributed by atoms with Gasteiger partial charge >= 0.3 is 6.09 Å². The van der Waals surface area contributed by atoms with E-state index >= 15 is 0 Å². The van der Waals surface area contributed by atoms with E-state index < -0.39 is 0 Å². The van der Waals surface area contributed by atoms with Crippen LogP contribution >= 0.6 is 0 Å². The molecule has 2 aliphatic heterocycles. The Kier molecular flexibility index (Phi) is 3.42. The summed E-state index contributed by atoms with van der Waals surface area (Å²) < 4.78 is 5.42. The molecule has 102 valence electrons. The molecule has 2 fully saturated rings. The van der Waals surface area contributed by atoms with Crippen LogP contribution in [0, 0.1) is 0 Å². The quantitative estimate of drug-likeness (QED) is 0.816. The summed E-state index contributed by atoms with van der Waals surface area (Å²) in [5, 5.41) is 0. The Hall–Kier alpha value is -1.55. The Morgan fingerprint density at radius 1 is 1.21 bits per heavy atom. The number of likely N-dealkylation sites (N-methyl/N-ethyl adjacent to an activating group) is 1. The predicted molar refractivity (Wildman–Crippen MR) is 72.8 cm³/mol. The van der Waals surface area contributed by atoms with Crippen LogP contribution in [0.25, 0.3) is 0 Å². The minimum atomic E-state index is -0.161. The Morgan fingerprint density at radius 2 is 1.95 bits per heavy atom. The van der Waals surface area contributed by atoms with Gasteiger partial charge in [0.25, 0.3) is 0 Å². The zero-order chi connectivity index (χ0) is 13.2. The van der Waals surface area contributed by atoms with Crippen LogP contribution in [0.4, 0.5) is 4.79 Å². The molecule has 0 N–H and O–H groups in total. The van der Waals surface area contributed by atoms with Crippen molar-refractivity contribution in [1.82, 2.24) is 9.80 Å². The zero-order valence-corrected chi connectivity index (χ0v) is 11.3. The molecule has 2 unspecified atom stereocenters. The van der Waals surface area contributed by atoms with E-state index in [0.29, 0.717) is 18.7 Å². The maximum absolute atomic E-state index is 12.2. The number of benzene rings is 1. The number of carbonyl (C=O) groups is 1. The largest absolute Gasteiger partial charge is 0.445 e. The third kappa shape index (κ3) is 2.45. The van der Waals surface area contributed by atoms with Gasteiger partial charge in [-0.25, -0.2) is 4.79 Å². The molecule has 0 radical (unpaired) electrons. The molecule has 4 heteroatoms. The first-order valence-corrected chi connectivity index (χ1v) is 6.93.